The molecular weight excluding hydrogens is 386 g/mol. The van der Waals surface area contributed by atoms with Crippen LogP contribution in [-0.4, -0.2) is 21.5 Å². The first-order valence-electron chi connectivity index (χ1n) is 11.2. The number of nitrogens with zero attached hydrogens (tertiary/aromatic N) is 2. The molecule has 2 aromatic carbocycles. The van der Waals surface area contributed by atoms with Crippen LogP contribution in [0.15, 0.2) is 65.2 Å². The predicted molar refractivity (Wildman–Crippen MR) is 122 cm³/mol. The molecule has 1 unspecified atom stereocenters. The summed E-state index contributed by atoms with van der Waals surface area (Å²) in [6, 6.07) is 18.1. The van der Waals surface area contributed by atoms with Crippen molar-refractivity contribution in [3.05, 3.63) is 77.9 Å². The number of para-hydroxylation sites is 1. The lowest BCUT2D eigenvalue weighted by Gasteiger charge is -2.24. The summed E-state index contributed by atoms with van der Waals surface area (Å²) in [5.74, 6) is 1.85. The third kappa shape index (κ3) is 3.88. The Bertz CT molecular complexity index is 1210. The van der Waals surface area contributed by atoms with Crippen molar-refractivity contribution in [1.82, 2.24) is 14.9 Å². The van der Waals surface area contributed by atoms with E-state index >= 15 is 0 Å². The molecule has 4 aromatic rings. The quantitative estimate of drug-likeness (QED) is 0.461. The molecule has 0 saturated carbocycles. The highest BCUT2D eigenvalue weighted by Gasteiger charge is 2.26. The number of furan rings is 1. The number of benzene rings is 2. The first-order valence-corrected chi connectivity index (χ1v) is 11.2. The van der Waals surface area contributed by atoms with Crippen LogP contribution in [0.5, 0.6) is 0 Å². The molecule has 2 aromatic heterocycles. The number of unbranched alkanes of at least 4 members (excludes halogenated alkanes) is 1. The van der Waals surface area contributed by atoms with Crippen LogP contribution in [0.2, 0.25) is 0 Å². The van der Waals surface area contributed by atoms with E-state index in [1.807, 2.05) is 42.5 Å². The summed E-state index contributed by atoms with van der Waals surface area (Å²) in [5, 5.41) is 4.17. The van der Waals surface area contributed by atoms with Gasteiger partial charge in [-0.1, -0.05) is 61.9 Å². The van der Waals surface area contributed by atoms with Gasteiger partial charge in [-0.15, -0.1) is 0 Å². The molecule has 3 heterocycles. The predicted octanol–water partition coefficient (Wildman–Crippen LogP) is 5.38. The Labute approximate surface area is 182 Å². The molecule has 1 atom stereocenters. The number of fused-ring (bicyclic) bond motifs is 2. The van der Waals surface area contributed by atoms with Gasteiger partial charge < -0.3 is 14.3 Å². The molecule has 1 N–H and O–H groups in total. The Balaban J connectivity index is 1.36. The van der Waals surface area contributed by atoms with Crippen LogP contribution in [0.3, 0.4) is 0 Å². The van der Waals surface area contributed by atoms with Gasteiger partial charge in [-0.05, 0) is 18.9 Å². The molecule has 0 aliphatic carbocycles. The molecule has 1 aliphatic heterocycles. The van der Waals surface area contributed by atoms with Crippen LogP contribution < -0.4 is 5.32 Å². The number of aryl methyl sites for hydroxylation is 2. The van der Waals surface area contributed by atoms with Crippen molar-refractivity contribution in [2.75, 3.05) is 0 Å². The number of hydrogen-bond acceptors (Lipinski definition) is 3. The van der Waals surface area contributed by atoms with E-state index in [0.29, 0.717) is 5.56 Å². The second-order valence-electron chi connectivity index (χ2n) is 8.27. The van der Waals surface area contributed by atoms with Crippen LogP contribution in [0.1, 0.15) is 48.1 Å². The zero-order valence-corrected chi connectivity index (χ0v) is 17.8. The SMILES string of the molecule is CCCCc1oc2ccccc2c1C(=O)NC1CCc2nc(-c3ccccc3)cn2C1. The summed E-state index contributed by atoms with van der Waals surface area (Å²) in [4.78, 5) is 18.1. The lowest BCUT2D eigenvalue weighted by atomic mass is 10.0. The zero-order valence-electron chi connectivity index (χ0n) is 17.8. The van der Waals surface area contributed by atoms with Crippen molar-refractivity contribution in [3.63, 3.8) is 0 Å². The molecule has 158 valence electrons. The van der Waals surface area contributed by atoms with E-state index in [0.717, 1.165) is 72.5 Å². The summed E-state index contributed by atoms with van der Waals surface area (Å²) in [7, 11) is 0. The minimum Gasteiger partial charge on any atom is -0.460 e. The Morgan fingerprint density at radius 1 is 1.16 bits per heavy atom. The summed E-state index contributed by atoms with van der Waals surface area (Å²) in [6.45, 7) is 2.89. The highest BCUT2D eigenvalue weighted by molar-refractivity contribution is 6.07. The van der Waals surface area contributed by atoms with Crippen LogP contribution in [0.4, 0.5) is 0 Å². The second-order valence-corrected chi connectivity index (χ2v) is 8.27. The van der Waals surface area contributed by atoms with Gasteiger partial charge >= 0.3 is 0 Å². The smallest absolute Gasteiger partial charge is 0.255 e. The summed E-state index contributed by atoms with van der Waals surface area (Å²) < 4.78 is 8.23. The molecule has 0 radical (unpaired) electrons. The van der Waals surface area contributed by atoms with E-state index < -0.39 is 0 Å². The number of amides is 1. The number of carbonyl (C=O) groups is 1. The maximum Gasteiger partial charge on any atom is 0.255 e. The van der Waals surface area contributed by atoms with Gasteiger partial charge in [0.25, 0.3) is 5.91 Å². The average Bonchev–Trinajstić information content (AvgIpc) is 3.39. The van der Waals surface area contributed by atoms with Crippen molar-refractivity contribution >= 4 is 16.9 Å². The van der Waals surface area contributed by atoms with Gasteiger partial charge in [-0.2, -0.15) is 0 Å². The fourth-order valence-electron chi connectivity index (χ4n) is 4.43. The van der Waals surface area contributed by atoms with Crippen LogP contribution >= 0.6 is 0 Å². The molecule has 1 amide bonds. The maximum absolute atomic E-state index is 13.3. The Morgan fingerprint density at radius 3 is 2.81 bits per heavy atom. The van der Waals surface area contributed by atoms with Gasteiger partial charge in [0, 0.05) is 42.6 Å². The highest BCUT2D eigenvalue weighted by Crippen LogP contribution is 2.28. The molecule has 0 fully saturated rings. The molecule has 0 saturated heterocycles. The summed E-state index contributed by atoms with van der Waals surface area (Å²) in [6.07, 6.45) is 6.69. The molecule has 31 heavy (non-hydrogen) atoms. The van der Waals surface area contributed by atoms with E-state index in [1.54, 1.807) is 0 Å². The fourth-order valence-corrected chi connectivity index (χ4v) is 4.43. The largest absolute Gasteiger partial charge is 0.460 e. The van der Waals surface area contributed by atoms with Crippen LogP contribution in [0, 0.1) is 0 Å². The molecule has 5 heteroatoms. The lowest BCUT2D eigenvalue weighted by molar-refractivity contribution is 0.0927. The number of nitrogens with one attached hydrogen (secondary N) is 1. The van der Waals surface area contributed by atoms with Gasteiger partial charge in [0.05, 0.1) is 11.3 Å². The normalized spacial score (nSPS) is 15.7. The molecule has 1 aliphatic rings. The minimum atomic E-state index is -0.0344. The highest BCUT2D eigenvalue weighted by atomic mass is 16.3. The molecular formula is C26H27N3O2. The standard InChI is InChI=1S/C26H27N3O2/c1-2-3-12-23-25(20-11-7-8-13-22(20)31-23)26(30)27-19-14-15-24-28-21(17-29(24)16-19)18-9-5-4-6-10-18/h4-11,13,17,19H,2-3,12,14-16H2,1H3,(H,27,30). The topological polar surface area (TPSA) is 60.1 Å². The summed E-state index contributed by atoms with van der Waals surface area (Å²) >= 11 is 0. The third-order valence-corrected chi connectivity index (χ3v) is 6.05. The fraction of sp³-hybridized carbons (Fsp3) is 0.308. The average molecular weight is 414 g/mol. The van der Waals surface area contributed by atoms with E-state index in [1.165, 1.54) is 0 Å². The number of hydrogen-bond donors (Lipinski definition) is 1. The maximum atomic E-state index is 13.3. The van der Waals surface area contributed by atoms with Crippen LogP contribution in [0.25, 0.3) is 22.2 Å². The number of carbonyl (C=O) groups excluding carboxylic acids is 1. The Morgan fingerprint density at radius 2 is 1.97 bits per heavy atom. The number of aromatic nitrogens is 2. The van der Waals surface area contributed by atoms with Gasteiger partial charge in [0.2, 0.25) is 0 Å². The van der Waals surface area contributed by atoms with E-state index in [4.69, 9.17) is 9.40 Å². The van der Waals surface area contributed by atoms with Crippen LogP contribution in [-0.2, 0) is 19.4 Å². The van der Waals surface area contributed by atoms with Crippen molar-refractivity contribution < 1.29 is 9.21 Å². The molecule has 0 spiro atoms. The molecule has 5 rings (SSSR count). The van der Waals surface area contributed by atoms with E-state index in [2.05, 4.69) is 35.1 Å². The minimum absolute atomic E-state index is 0.0344. The first kappa shape index (κ1) is 19.6. The van der Waals surface area contributed by atoms with Crippen molar-refractivity contribution in [2.24, 2.45) is 0 Å². The zero-order chi connectivity index (χ0) is 21.2. The van der Waals surface area contributed by atoms with Gasteiger partial charge in [0.1, 0.15) is 17.2 Å². The Kier molecular flexibility index (Phi) is 5.33. The molecule has 0 bridgehead atoms. The number of rotatable bonds is 6. The molecule has 5 nitrogen and oxygen atoms in total. The number of imidazole rings is 1. The van der Waals surface area contributed by atoms with Gasteiger partial charge in [0.15, 0.2) is 0 Å². The Hall–Kier alpha value is -3.34. The van der Waals surface area contributed by atoms with Gasteiger partial charge in [-0.3, -0.25) is 4.79 Å². The van der Waals surface area contributed by atoms with E-state index in [9.17, 15) is 4.79 Å². The monoisotopic (exact) mass is 413 g/mol. The van der Waals surface area contributed by atoms with Crippen molar-refractivity contribution in [2.45, 2.75) is 51.6 Å². The summed E-state index contributed by atoms with van der Waals surface area (Å²) in [5.41, 5.74) is 3.60. The van der Waals surface area contributed by atoms with Crippen molar-refractivity contribution in [3.8, 4) is 11.3 Å². The van der Waals surface area contributed by atoms with E-state index in [-0.39, 0.29) is 11.9 Å². The lowest BCUT2D eigenvalue weighted by Crippen LogP contribution is -2.41. The first-order chi connectivity index (χ1) is 15.2. The van der Waals surface area contributed by atoms with Gasteiger partial charge in [-0.25, -0.2) is 4.98 Å². The second kappa shape index (κ2) is 8.42. The van der Waals surface area contributed by atoms with Crippen molar-refractivity contribution in [1.29, 1.82) is 0 Å². The third-order valence-electron chi connectivity index (χ3n) is 6.05.